The molecule has 22 aromatic rings. The summed E-state index contributed by atoms with van der Waals surface area (Å²) >= 11 is 5.58. The summed E-state index contributed by atoms with van der Waals surface area (Å²) in [7, 11) is 0. The first-order chi connectivity index (χ1) is 58.5. The molecule has 22 rings (SSSR count). The van der Waals surface area contributed by atoms with Gasteiger partial charge in [0.05, 0.1) is 0 Å². The quantitative estimate of drug-likeness (QED) is 0.127. The molecule has 0 spiro atoms. The Morgan fingerprint density at radius 2 is 0.562 bits per heavy atom. The van der Waals surface area contributed by atoms with Crippen LogP contribution in [0.25, 0.3) is 173 Å². The third-order valence-corrected chi connectivity index (χ3v) is 23.4. The molecule has 121 heavy (non-hydrogen) atoms. The van der Waals surface area contributed by atoms with Crippen LogP contribution < -0.4 is 0 Å². The van der Waals surface area contributed by atoms with Crippen LogP contribution in [0.1, 0.15) is 5.69 Å². The Morgan fingerprint density at radius 3 is 0.992 bits per heavy atom. The van der Waals surface area contributed by atoms with Gasteiger partial charge in [-0.3, -0.25) is 0 Å². The van der Waals surface area contributed by atoms with E-state index in [0.717, 1.165) is 78.8 Å². The molecule has 0 N–H and O–H groups in total. The average Bonchev–Trinajstić information content (AvgIpc) is 1.64. The van der Waals surface area contributed by atoms with E-state index in [-0.39, 0.29) is 60.3 Å². The van der Waals surface area contributed by atoms with Crippen molar-refractivity contribution in [1.82, 2.24) is 29.9 Å². The molecule has 0 aliphatic rings. The van der Waals surface area contributed by atoms with Gasteiger partial charge in [-0.15, -0.1) is 249 Å². The van der Waals surface area contributed by atoms with Crippen molar-refractivity contribution >= 4 is 94.5 Å². The van der Waals surface area contributed by atoms with Crippen molar-refractivity contribution in [3.05, 3.63) is 461 Å². The molecule has 0 aliphatic carbocycles. The van der Waals surface area contributed by atoms with Crippen molar-refractivity contribution in [3.63, 3.8) is 0 Å². The fourth-order valence-corrected chi connectivity index (χ4v) is 17.8. The predicted octanol–water partition coefficient (Wildman–Crippen LogP) is 29.4. The number of fused-ring (bicyclic) bond motifs is 9. The minimum Gasteiger partial charge on any atom is -0.305 e. The summed E-state index contributed by atoms with van der Waals surface area (Å²) in [5, 5.41) is 7.96. The number of benzene rings is 13. The molecule has 0 saturated carbocycles. The molecule has 0 aliphatic heterocycles. The van der Waals surface area contributed by atoms with E-state index in [9.17, 15) is 0 Å². The summed E-state index contributed by atoms with van der Waals surface area (Å²) in [5.41, 5.74) is 22.7. The van der Waals surface area contributed by atoms with Crippen LogP contribution in [0.3, 0.4) is 0 Å². The van der Waals surface area contributed by atoms with Gasteiger partial charge in [-0.1, -0.05) is 194 Å². The zero-order valence-electron chi connectivity index (χ0n) is 65.2. The molecule has 6 nitrogen and oxygen atoms in total. The van der Waals surface area contributed by atoms with E-state index in [1.807, 2.05) is 260 Å². The molecular weight excluding hydrogens is 2070 g/mol. The maximum Gasteiger partial charge on any atom is 0.0434 e. The van der Waals surface area contributed by atoms with Crippen molar-refractivity contribution in [2.45, 2.75) is 6.92 Å². The number of hydrogen-bond donors (Lipinski definition) is 0. The zero-order chi connectivity index (χ0) is 79.4. The third kappa shape index (κ3) is 20.6. The number of pyridine rings is 6. The molecule has 0 atom stereocenters. The van der Waals surface area contributed by atoms with Crippen LogP contribution in [0.5, 0.6) is 0 Å². The fourth-order valence-electron chi connectivity index (χ4n) is 14.1. The Hall–Kier alpha value is -12.6. The first kappa shape index (κ1) is 84.8. The number of hydrogen-bond acceptors (Lipinski definition) is 9. The topological polar surface area (TPSA) is 77.3 Å². The van der Waals surface area contributed by atoms with E-state index in [1.165, 1.54) is 99.5 Å². The van der Waals surface area contributed by atoms with Gasteiger partial charge < -0.3 is 29.9 Å². The van der Waals surface area contributed by atoms with Crippen molar-refractivity contribution in [2.24, 2.45) is 0 Å². The Balaban J connectivity index is 0.000000123. The van der Waals surface area contributed by atoms with E-state index in [1.54, 1.807) is 12.4 Å². The minimum atomic E-state index is 0. The third-order valence-electron chi connectivity index (χ3n) is 19.8. The first-order valence-electron chi connectivity index (χ1n) is 38.8. The Labute approximate surface area is 757 Å². The normalized spacial score (nSPS) is 10.5. The van der Waals surface area contributed by atoms with Crippen molar-refractivity contribution in [3.8, 4) is 112 Å². The molecule has 0 unspecified atom stereocenters. The summed E-state index contributed by atoms with van der Waals surface area (Å²) in [6.07, 6.45) is 9.25. The molecule has 589 valence electrons. The van der Waals surface area contributed by atoms with E-state index >= 15 is 0 Å². The maximum absolute atomic E-state index is 4.66. The van der Waals surface area contributed by atoms with Crippen LogP contribution in [0.15, 0.2) is 419 Å². The van der Waals surface area contributed by atoms with E-state index in [0.29, 0.717) is 0 Å². The van der Waals surface area contributed by atoms with Gasteiger partial charge in [0.25, 0.3) is 0 Å². The minimum absolute atomic E-state index is 0. The summed E-state index contributed by atoms with van der Waals surface area (Å²) in [4.78, 5) is 26.5. The summed E-state index contributed by atoms with van der Waals surface area (Å²) in [6, 6.07) is 151. The van der Waals surface area contributed by atoms with Gasteiger partial charge in [0.15, 0.2) is 0 Å². The number of aryl methyl sites for hydroxylation is 1. The molecule has 12 heteroatoms. The largest absolute Gasteiger partial charge is 0.305 e. The van der Waals surface area contributed by atoms with Crippen LogP contribution in [0.2, 0.25) is 0 Å². The predicted molar refractivity (Wildman–Crippen MR) is 496 cm³/mol. The maximum atomic E-state index is 4.66. The van der Waals surface area contributed by atoms with Gasteiger partial charge in [-0.2, -0.15) is 0 Å². The standard InChI is InChI=1S/C29H18NS.2C23H14NS.C12H10N.2C11H8N.3Ir/c1-2-16-28-25(12-1)26-14-7-13-24(29(26)31-28)22-10-5-8-20(18-22)21-9-6-11-23(19-21)27-15-3-4-17-30-27;1-2-7-16(8-3-1)21-15-17(13-14-24-21)18-10-6-11-20-19-9-4-5-12-22(19)25-23(18)20;1-2-7-16(8-3-1)21-14-13-17(15-24-21)18-10-6-11-20-19-9-4-5-12-22(19)25-23(18)20;1-10-6-5-9-12(13-10)11-7-3-2-4-8-11;2*1-2-6-10(7-3-1)11-8-4-5-9-12-11;;;/h1-10,12-19H;2*1-7,9-15H;2-7,9H,1H3;2*1-6,8-9H;;;/q6*-1;;;. The molecule has 13 aromatic carbocycles. The van der Waals surface area contributed by atoms with Crippen molar-refractivity contribution in [2.75, 3.05) is 0 Å². The Bertz CT molecular complexity index is 6900. The monoisotopic (exact) mass is 2140 g/mol. The van der Waals surface area contributed by atoms with Crippen molar-refractivity contribution < 1.29 is 60.3 Å². The number of aromatic nitrogens is 6. The second kappa shape index (κ2) is 41.9. The zero-order valence-corrected chi connectivity index (χ0v) is 74.9. The molecule has 0 amide bonds. The summed E-state index contributed by atoms with van der Waals surface area (Å²) in [5.74, 6) is 0. The second-order valence-corrected chi connectivity index (χ2v) is 30.6. The molecular formula is C109H72Ir3N6S3-6. The van der Waals surface area contributed by atoms with Crippen molar-refractivity contribution in [1.29, 1.82) is 0 Å². The van der Waals surface area contributed by atoms with E-state index in [4.69, 9.17) is 0 Å². The summed E-state index contributed by atoms with van der Waals surface area (Å²) in [6.45, 7) is 1.99. The van der Waals surface area contributed by atoms with Gasteiger partial charge in [-0.05, 0) is 129 Å². The van der Waals surface area contributed by atoms with Crippen LogP contribution in [0, 0.1) is 43.3 Å². The Morgan fingerprint density at radius 1 is 0.215 bits per heavy atom. The molecule has 0 bridgehead atoms. The fraction of sp³-hybridized carbons (Fsp3) is 0.00917. The smallest absolute Gasteiger partial charge is 0.0434 e. The van der Waals surface area contributed by atoms with Crippen LogP contribution >= 0.6 is 34.0 Å². The summed E-state index contributed by atoms with van der Waals surface area (Å²) < 4.78 is 7.99. The number of thiophene rings is 3. The molecule has 3 radical (unpaired) electrons. The number of rotatable bonds is 10. The van der Waals surface area contributed by atoms with Gasteiger partial charge >= 0.3 is 0 Å². The average molecular weight is 2140 g/mol. The van der Waals surface area contributed by atoms with E-state index < -0.39 is 0 Å². The van der Waals surface area contributed by atoms with Gasteiger partial charge in [0.2, 0.25) is 0 Å². The first-order valence-corrected chi connectivity index (χ1v) is 41.2. The SMILES string of the molecule is Cc1cccc(-c2[c-]cccc2)n1.[Ir].[Ir].[Ir].[c-]1ccc(-c2cccc(-c3cccc4c3sc3ccccc34)c2)cc1-c1ccccn1.[c-]1ccccc1-c1cc(-c2cccc3c2sc2ccccc23)ccn1.[c-]1ccccc1-c1ccc(-c2cccc3c2sc2ccccc23)cn1.[c-]1ccccc1-c1ccccn1.[c-]1ccccc1-c1ccccn1. The molecule has 9 aromatic heterocycles. The molecule has 9 heterocycles. The van der Waals surface area contributed by atoms with Gasteiger partial charge in [-0.25, -0.2) is 0 Å². The number of nitrogens with zero attached hydrogens (tertiary/aromatic N) is 6. The van der Waals surface area contributed by atoms with E-state index in [2.05, 4.69) is 254 Å². The van der Waals surface area contributed by atoms with Gasteiger partial charge in [0.1, 0.15) is 0 Å². The second-order valence-electron chi connectivity index (χ2n) is 27.5. The van der Waals surface area contributed by atoms with Crippen LogP contribution in [-0.2, 0) is 60.3 Å². The molecule has 0 saturated heterocycles. The van der Waals surface area contributed by atoms with Crippen LogP contribution in [-0.4, -0.2) is 29.9 Å². The Kier molecular flexibility index (Phi) is 29.3. The van der Waals surface area contributed by atoms with Gasteiger partial charge in [0, 0.05) is 163 Å². The molecule has 0 fully saturated rings. The van der Waals surface area contributed by atoms with Crippen LogP contribution in [0.4, 0.5) is 0 Å².